The lowest BCUT2D eigenvalue weighted by Crippen LogP contribution is -2.14. The van der Waals surface area contributed by atoms with Gasteiger partial charge >= 0.3 is 0 Å². The van der Waals surface area contributed by atoms with Crippen LogP contribution in [0.4, 0.5) is 14.5 Å². The van der Waals surface area contributed by atoms with E-state index in [0.29, 0.717) is 6.07 Å². The van der Waals surface area contributed by atoms with Crippen LogP contribution in [0.5, 0.6) is 0 Å². The zero-order valence-corrected chi connectivity index (χ0v) is 10.8. The van der Waals surface area contributed by atoms with Crippen LogP contribution in [0, 0.1) is 11.6 Å². The van der Waals surface area contributed by atoms with Crippen molar-refractivity contribution in [2.24, 2.45) is 0 Å². The molecule has 2 aromatic rings. The lowest BCUT2D eigenvalue weighted by molar-refractivity contribution is 0.551. The van der Waals surface area contributed by atoms with Crippen molar-refractivity contribution < 1.29 is 17.2 Å². The summed E-state index contributed by atoms with van der Waals surface area (Å²) in [7, 11) is -4.16. The Morgan fingerprint density at radius 1 is 1.16 bits per heavy atom. The van der Waals surface area contributed by atoms with E-state index in [0.717, 1.165) is 12.1 Å². The largest absolute Gasteiger partial charge is 0.279 e. The zero-order chi connectivity index (χ0) is 14.0. The minimum absolute atomic E-state index is 0.0831. The van der Waals surface area contributed by atoms with Crippen molar-refractivity contribution in [2.75, 3.05) is 4.72 Å². The van der Waals surface area contributed by atoms with E-state index < -0.39 is 26.6 Å². The molecule has 8 heteroatoms. The lowest BCUT2D eigenvalue weighted by Gasteiger charge is -2.08. The van der Waals surface area contributed by atoms with Crippen LogP contribution in [0.3, 0.4) is 0 Å². The van der Waals surface area contributed by atoms with Crippen LogP contribution >= 0.6 is 11.6 Å². The first-order chi connectivity index (χ1) is 8.88. The number of benzene rings is 1. The Morgan fingerprint density at radius 2 is 1.89 bits per heavy atom. The number of pyridine rings is 1. The molecule has 0 saturated heterocycles. The van der Waals surface area contributed by atoms with Crippen molar-refractivity contribution in [3.05, 3.63) is 53.3 Å². The molecule has 4 nitrogen and oxygen atoms in total. The highest BCUT2D eigenvalue weighted by molar-refractivity contribution is 7.92. The van der Waals surface area contributed by atoms with Crippen molar-refractivity contribution >= 4 is 27.3 Å². The standard InChI is InChI=1S/C11H7ClF2N2O2S/c12-11-6-8(3-4-15-11)16-19(17,18)10-2-1-7(13)5-9(10)14/h1-6H,(H,15,16). The molecule has 0 saturated carbocycles. The van der Waals surface area contributed by atoms with Crippen LogP contribution in [0.25, 0.3) is 0 Å². The normalized spacial score (nSPS) is 11.3. The molecule has 1 aromatic heterocycles. The third-order valence-electron chi connectivity index (χ3n) is 2.16. The third kappa shape index (κ3) is 3.18. The van der Waals surface area contributed by atoms with E-state index in [2.05, 4.69) is 9.71 Å². The highest BCUT2D eigenvalue weighted by Crippen LogP contribution is 2.20. The average Bonchev–Trinajstić information content (AvgIpc) is 2.27. The number of halogens is 3. The first kappa shape index (κ1) is 13.7. The van der Waals surface area contributed by atoms with E-state index in [4.69, 9.17) is 11.6 Å². The Labute approximate surface area is 113 Å². The number of rotatable bonds is 3. The second-order valence-corrected chi connectivity index (χ2v) is 5.59. The maximum atomic E-state index is 13.4. The SMILES string of the molecule is O=S(=O)(Nc1ccnc(Cl)c1)c1ccc(F)cc1F. The molecule has 0 atom stereocenters. The van der Waals surface area contributed by atoms with Crippen LogP contribution in [0.15, 0.2) is 41.4 Å². The molecule has 0 aliphatic carbocycles. The summed E-state index contributed by atoms with van der Waals surface area (Å²) in [6, 6.07) is 4.81. The number of nitrogens with one attached hydrogen (secondary N) is 1. The number of nitrogens with zero attached hydrogens (tertiary/aromatic N) is 1. The van der Waals surface area contributed by atoms with E-state index in [1.807, 2.05) is 0 Å². The van der Waals surface area contributed by atoms with Gasteiger partial charge in [-0.1, -0.05) is 11.6 Å². The van der Waals surface area contributed by atoms with Gasteiger partial charge in [-0.05, 0) is 24.3 Å². The van der Waals surface area contributed by atoms with Crippen LogP contribution in [-0.4, -0.2) is 13.4 Å². The summed E-state index contributed by atoms with van der Waals surface area (Å²) in [5, 5.41) is 0.0831. The van der Waals surface area contributed by atoms with Crippen molar-refractivity contribution in [3.8, 4) is 0 Å². The topological polar surface area (TPSA) is 59.1 Å². The van der Waals surface area contributed by atoms with Crippen molar-refractivity contribution in [1.29, 1.82) is 0 Å². The van der Waals surface area contributed by atoms with Gasteiger partial charge in [0.1, 0.15) is 21.7 Å². The molecule has 2 rings (SSSR count). The molecule has 1 N–H and O–H groups in total. The molecule has 0 amide bonds. The zero-order valence-electron chi connectivity index (χ0n) is 9.27. The molecule has 0 fully saturated rings. The fourth-order valence-corrected chi connectivity index (χ4v) is 2.65. The van der Waals surface area contributed by atoms with Crippen LogP contribution in [0.1, 0.15) is 0 Å². The Bertz CT molecular complexity index is 722. The second-order valence-electron chi connectivity index (χ2n) is 3.55. The fourth-order valence-electron chi connectivity index (χ4n) is 1.37. The predicted molar refractivity (Wildman–Crippen MR) is 66.4 cm³/mol. The maximum Gasteiger partial charge on any atom is 0.264 e. The smallest absolute Gasteiger partial charge is 0.264 e. The van der Waals surface area contributed by atoms with Gasteiger partial charge in [-0.15, -0.1) is 0 Å². The van der Waals surface area contributed by atoms with E-state index in [-0.39, 0.29) is 10.8 Å². The molecule has 1 heterocycles. The van der Waals surface area contributed by atoms with Gasteiger partial charge in [-0.2, -0.15) is 0 Å². The van der Waals surface area contributed by atoms with Gasteiger partial charge in [0.2, 0.25) is 0 Å². The molecule has 1 aromatic carbocycles. The quantitative estimate of drug-likeness (QED) is 0.887. The summed E-state index contributed by atoms with van der Waals surface area (Å²) in [5.74, 6) is -2.03. The molecule has 19 heavy (non-hydrogen) atoms. The van der Waals surface area contributed by atoms with Crippen molar-refractivity contribution in [2.45, 2.75) is 4.90 Å². The number of anilines is 1. The second kappa shape index (κ2) is 5.10. The number of hydrogen-bond donors (Lipinski definition) is 1. The summed E-state index contributed by atoms with van der Waals surface area (Å²) in [6.07, 6.45) is 1.29. The Balaban J connectivity index is 2.38. The minimum atomic E-state index is -4.16. The van der Waals surface area contributed by atoms with Crippen LogP contribution in [0.2, 0.25) is 5.15 Å². The summed E-state index contributed by atoms with van der Waals surface area (Å²) in [6.45, 7) is 0. The summed E-state index contributed by atoms with van der Waals surface area (Å²) in [4.78, 5) is 3.03. The fraction of sp³-hybridized carbons (Fsp3) is 0. The van der Waals surface area contributed by atoms with E-state index in [1.54, 1.807) is 0 Å². The van der Waals surface area contributed by atoms with Gasteiger partial charge in [0.05, 0.1) is 5.69 Å². The summed E-state index contributed by atoms with van der Waals surface area (Å²) in [5.41, 5.74) is 0.128. The Kier molecular flexibility index (Phi) is 3.68. The Morgan fingerprint density at radius 3 is 2.53 bits per heavy atom. The molecule has 0 bridgehead atoms. The number of aromatic nitrogens is 1. The predicted octanol–water partition coefficient (Wildman–Crippen LogP) is 2.81. The van der Waals surface area contributed by atoms with Gasteiger partial charge in [0.15, 0.2) is 0 Å². The van der Waals surface area contributed by atoms with Crippen molar-refractivity contribution in [3.63, 3.8) is 0 Å². The molecular weight excluding hydrogens is 298 g/mol. The van der Waals surface area contributed by atoms with Gasteiger partial charge < -0.3 is 0 Å². The van der Waals surface area contributed by atoms with E-state index in [9.17, 15) is 17.2 Å². The monoisotopic (exact) mass is 304 g/mol. The summed E-state index contributed by atoms with van der Waals surface area (Å²) >= 11 is 5.60. The summed E-state index contributed by atoms with van der Waals surface area (Å²) < 4.78 is 52.1. The van der Waals surface area contributed by atoms with Gasteiger partial charge in [0.25, 0.3) is 10.0 Å². The third-order valence-corrected chi connectivity index (χ3v) is 3.78. The molecule has 0 aliphatic rings. The van der Waals surface area contributed by atoms with Crippen molar-refractivity contribution in [1.82, 2.24) is 4.98 Å². The molecule has 0 unspecified atom stereocenters. The van der Waals surface area contributed by atoms with Gasteiger partial charge in [-0.3, -0.25) is 4.72 Å². The molecule has 0 spiro atoms. The molecular formula is C11H7ClF2N2O2S. The highest BCUT2D eigenvalue weighted by atomic mass is 35.5. The van der Waals surface area contributed by atoms with Crippen LogP contribution < -0.4 is 4.72 Å². The van der Waals surface area contributed by atoms with Gasteiger partial charge in [-0.25, -0.2) is 22.2 Å². The Hall–Kier alpha value is -1.73. The lowest BCUT2D eigenvalue weighted by atomic mass is 10.3. The van der Waals surface area contributed by atoms with Crippen LogP contribution in [-0.2, 0) is 10.0 Å². The molecule has 0 aliphatic heterocycles. The minimum Gasteiger partial charge on any atom is -0.279 e. The maximum absolute atomic E-state index is 13.4. The average molecular weight is 305 g/mol. The first-order valence-electron chi connectivity index (χ1n) is 4.98. The van der Waals surface area contributed by atoms with E-state index >= 15 is 0 Å². The number of sulfonamides is 1. The van der Waals surface area contributed by atoms with E-state index in [1.165, 1.54) is 18.3 Å². The van der Waals surface area contributed by atoms with Gasteiger partial charge in [0, 0.05) is 12.3 Å². The number of hydrogen-bond acceptors (Lipinski definition) is 3. The highest BCUT2D eigenvalue weighted by Gasteiger charge is 2.19. The molecule has 0 radical (unpaired) electrons. The first-order valence-corrected chi connectivity index (χ1v) is 6.84. The molecule has 100 valence electrons.